The van der Waals surface area contributed by atoms with E-state index >= 15 is 0 Å². The number of benzene rings is 1. The van der Waals surface area contributed by atoms with Crippen LogP contribution in [0.25, 0.3) is 0 Å². The van der Waals surface area contributed by atoms with Crippen LogP contribution in [0.2, 0.25) is 0 Å². The van der Waals surface area contributed by atoms with Gasteiger partial charge in [0.15, 0.2) is 0 Å². The van der Waals surface area contributed by atoms with E-state index in [1.54, 1.807) is 12.2 Å². The van der Waals surface area contributed by atoms with Crippen molar-refractivity contribution in [3.05, 3.63) is 47.5 Å². The van der Waals surface area contributed by atoms with Gasteiger partial charge in [-0.1, -0.05) is 24.3 Å². The lowest BCUT2D eigenvalue weighted by molar-refractivity contribution is -0.137. The summed E-state index contributed by atoms with van der Waals surface area (Å²) in [4.78, 5) is 13.0. The van der Waals surface area contributed by atoms with Gasteiger partial charge in [-0.3, -0.25) is 0 Å². The molecule has 0 bridgehead atoms. The Bertz CT molecular complexity index is 428. The molecule has 0 heterocycles. The van der Waals surface area contributed by atoms with Gasteiger partial charge in [0.05, 0.1) is 12.1 Å². The van der Waals surface area contributed by atoms with E-state index in [-0.39, 0.29) is 6.54 Å². The molecule has 0 aliphatic heterocycles. The first-order valence-electron chi connectivity index (χ1n) is 4.89. The molecule has 0 aromatic heterocycles. The van der Waals surface area contributed by atoms with Crippen LogP contribution in [0.5, 0.6) is 0 Å². The predicted octanol–water partition coefficient (Wildman–Crippen LogP) is 3.14. The number of nitrogens with zero attached hydrogens (tertiary/aromatic N) is 1. The first kappa shape index (κ1) is 13.2. The molecule has 0 N–H and O–H groups in total. The summed E-state index contributed by atoms with van der Waals surface area (Å²) in [6, 6.07) is 4.95. The maximum Gasteiger partial charge on any atom is 0.416 e. The van der Waals surface area contributed by atoms with Crippen molar-refractivity contribution in [2.24, 2.45) is 4.99 Å². The predicted molar refractivity (Wildman–Crippen MR) is 57.3 cm³/mol. The Morgan fingerprint density at radius 1 is 1.18 bits per heavy atom. The molecule has 17 heavy (non-hydrogen) atoms. The third kappa shape index (κ3) is 4.66. The molecular formula is C12H10F3NO. The Kier molecular flexibility index (Phi) is 4.67. The molecule has 0 radical (unpaired) electrons. The van der Waals surface area contributed by atoms with Crippen LogP contribution in [0.3, 0.4) is 0 Å². The van der Waals surface area contributed by atoms with Crippen LogP contribution in [0.15, 0.2) is 41.4 Å². The molecule has 0 spiro atoms. The second-order valence-electron chi connectivity index (χ2n) is 3.30. The summed E-state index contributed by atoms with van der Waals surface area (Å²) < 4.78 is 36.7. The maximum absolute atomic E-state index is 12.2. The normalized spacial score (nSPS) is 11.5. The van der Waals surface area contributed by atoms with E-state index in [2.05, 4.69) is 4.99 Å². The maximum atomic E-state index is 12.2. The average molecular weight is 241 g/mol. The lowest BCUT2D eigenvalue weighted by Gasteiger charge is -2.06. The van der Waals surface area contributed by atoms with Crippen molar-refractivity contribution in [3.63, 3.8) is 0 Å². The van der Waals surface area contributed by atoms with Crippen LogP contribution >= 0.6 is 0 Å². The van der Waals surface area contributed by atoms with Gasteiger partial charge in [-0.05, 0) is 24.1 Å². The number of hydrogen-bond donors (Lipinski definition) is 0. The summed E-state index contributed by atoms with van der Waals surface area (Å²) in [6.07, 6.45) is 0.992. The SMILES string of the molecule is O=C=NC/C=C\Cc1ccc(C(F)(F)F)cc1. The summed E-state index contributed by atoms with van der Waals surface area (Å²) in [5.74, 6) is 0. The van der Waals surface area contributed by atoms with Crippen LogP contribution in [-0.4, -0.2) is 12.6 Å². The number of alkyl halides is 3. The van der Waals surface area contributed by atoms with Gasteiger partial charge in [-0.2, -0.15) is 13.2 Å². The molecule has 2 nitrogen and oxygen atoms in total. The van der Waals surface area contributed by atoms with Crippen molar-refractivity contribution in [2.75, 3.05) is 6.54 Å². The van der Waals surface area contributed by atoms with E-state index < -0.39 is 11.7 Å². The summed E-state index contributed by atoms with van der Waals surface area (Å²) in [5, 5.41) is 0. The highest BCUT2D eigenvalue weighted by Gasteiger charge is 2.29. The fraction of sp³-hybridized carbons (Fsp3) is 0.250. The Morgan fingerprint density at radius 3 is 2.35 bits per heavy atom. The van der Waals surface area contributed by atoms with E-state index in [1.807, 2.05) is 0 Å². The van der Waals surface area contributed by atoms with Crippen molar-refractivity contribution < 1.29 is 18.0 Å². The van der Waals surface area contributed by atoms with Crippen molar-refractivity contribution in [1.29, 1.82) is 0 Å². The van der Waals surface area contributed by atoms with Gasteiger partial charge >= 0.3 is 6.18 Å². The van der Waals surface area contributed by atoms with Gasteiger partial charge < -0.3 is 0 Å². The van der Waals surface area contributed by atoms with E-state index in [0.29, 0.717) is 6.42 Å². The van der Waals surface area contributed by atoms with Gasteiger partial charge in [0.1, 0.15) is 0 Å². The number of carbonyl (C=O) groups excluding carboxylic acids is 1. The van der Waals surface area contributed by atoms with Crippen LogP contribution in [0, 0.1) is 0 Å². The smallest absolute Gasteiger partial charge is 0.211 e. The van der Waals surface area contributed by atoms with Crippen molar-refractivity contribution >= 4 is 6.08 Å². The Labute approximate surface area is 96.5 Å². The molecular weight excluding hydrogens is 231 g/mol. The molecule has 0 atom stereocenters. The third-order valence-electron chi connectivity index (χ3n) is 2.06. The molecule has 0 saturated heterocycles. The molecule has 1 aromatic rings. The molecule has 5 heteroatoms. The Balaban J connectivity index is 2.57. The lowest BCUT2D eigenvalue weighted by Crippen LogP contribution is -2.04. The highest BCUT2D eigenvalue weighted by atomic mass is 19.4. The number of aliphatic imine (C=N–C) groups is 1. The van der Waals surface area contributed by atoms with Gasteiger partial charge in [0.2, 0.25) is 6.08 Å². The standard InChI is InChI=1S/C12H10F3NO/c13-12(14,15)11-6-4-10(5-7-11)3-1-2-8-16-9-17/h1-2,4-7H,3,8H2/b2-1-. The number of hydrogen-bond acceptors (Lipinski definition) is 2. The molecule has 1 rings (SSSR count). The van der Waals surface area contributed by atoms with Gasteiger partial charge in [-0.25, -0.2) is 9.79 Å². The van der Waals surface area contributed by atoms with Crippen molar-refractivity contribution in [3.8, 4) is 0 Å². The molecule has 0 unspecified atom stereocenters. The average Bonchev–Trinajstić information content (AvgIpc) is 2.28. The highest BCUT2D eigenvalue weighted by molar-refractivity contribution is 5.33. The minimum Gasteiger partial charge on any atom is -0.211 e. The molecule has 0 fully saturated rings. The number of isocyanates is 1. The van der Waals surface area contributed by atoms with Crippen LogP contribution < -0.4 is 0 Å². The largest absolute Gasteiger partial charge is 0.416 e. The lowest BCUT2D eigenvalue weighted by atomic mass is 10.1. The highest BCUT2D eigenvalue weighted by Crippen LogP contribution is 2.29. The van der Waals surface area contributed by atoms with E-state index in [9.17, 15) is 18.0 Å². The zero-order valence-corrected chi connectivity index (χ0v) is 8.87. The second-order valence-corrected chi connectivity index (χ2v) is 3.30. The number of allylic oxidation sites excluding steroid dienone is 1. The molecule has 90 valence electrons. The molecule has 0 aliphatic rings. The molecule has 0 aliphatic carbocycles. The third-order valence-corrected chi connectivity index (χ3v) is 2.06. The zero-order chi connectivity index (χ0) is 12.7. The van der Waals surface area contributed by atoms with Gasteiger partial charge in [0, 0.05) is 0 Å². The molecule has 0 amide bonds. The zero-order valence-electron chi connectivity index (χ0n) is 8.87. The van der Waals surface area contributed by atoms with Gasteiger partial charge in [-0.15, -0.1) is 0 Å². The number of rotatable bonds is 4. The second kappa shape index (κ2) is 6.01. The van der Waals surface area contributed by atoms with Crippen LogP contribution in [-0.2, 0) is 17.4 Å². The summed E-state index contributed by atoms with van der Waals surface area (Å²) in [5.41, 5.74) is 0.111. The quantitative estimate of drug-likeness (QED) is 0.452. The van der Waals surface area contributed by atoms with Gasteiger partial charge in [0.25, 0.3) is 0 Å². The minimum absolute atomic E-state index is 0.240. The van der Waals surface area contributed by atoms with E-state index in [4.69, 9.17) is 0 Å². The monoisotopic (exact) mass is 241 g/mol. The van der Waals surface area contributed by atoms with E-state index in [0.717, 1.165) is 17.7 Å². The molecule has 0 saturated carbocycles. The molecule has 1 aromatic carbocycles. The summed E-state index contributed by atoms with van der Waals surface area (Å²) >= 11 is 0. The first-order chi connectivity index (χ1) is 8.04. The fourth-order valence-corrected chi connectivity index (χ4v) is 1.21. The topological polar surface area (TPSA) is 29.4 Å². The fourth-order valence-electron chi connectivity index (χ4n) is 1.21. The Morgan fingerprint density at radius 2 is 1.82 bits per heavy atom. The van der Waals surface area contributed by atoms with Crippen molar-refractivity contribution in [2.45, 2.75) is 12.6 Å². The summed E-state index contributed by atoms with van der Waals surface area (Å²) in [7, 11) is 0. The van der Waals surface area contributed by atoms with Crippen LogP contribution in [0.1, 0.15) is 11.1 Å². The minimum atomic E-state index is -4.30. The summed E-state index contributed by atoms with van der Waals surface area (Å²) in [6.45, 7) is 0.240. The van der Waals surface area contributed by atoms with Crippen molar-refractivity contribution in [1.82, 2.24) is 0 Å². The first-order valence-corrected chi connectivity index (χ1v) is 4.89. The Hall–Kier alpha value is -1.87. The number of halogens is 3. The van der Waals surface area contributed by atoms with E-state index in [1.165, 1.54) is 18.2 Å². The van der Waals surface area contributed by atoms with Crippen LogP contribution in [0.4, 0.5) is 13.2 Å².